The first-order valence-corrected chi connectivity index (χ1v) is 5.92. The molecule has 1 aliphatic heterocycles. The van der Waals surface area contributed by atoms with Crippen molar-refractivity contribution in [1.82, 2.24) is 0 Å². The van der Waals surface area contributed by atoms with E-state index in [1.165, 1.54) is 0 Å². The molecule has 0 spiro atoms. The summed E-state index contributed by atoms with van der Waals surface area (Å²) in [4.78, 5) is 0. The van der Waals surface area contributed by atoms with E-state index in [1.807, 2.05) is 0 Å². The lowest BCUT2D eigenvalue weighted by Gasteiger charge is -2.32. The Morgan fingerprint density at radius 1 is 1.50 bits per heavy atom. The Morgan fingerprint density at radius 3 is 2.58 bits per heavy atom. The van der Waals surface area contributed by atoms with Crippen LogP contribution in [0.15, 0.2) is 0 Å². The molecule has 4 heteroatoms. The number of hydrogen-bond acceptors (Lipinski definition) is 3. The average Bonchev–Trinajstić information content (AvgIpc) is 1.98. The first-order chi connectivity index (χ1) is 5.47. The molecule has 1 fully saturated rings. The largest absolute Gasteiger partial charge is 0.270 e. The quantitative estimate of drug-likeness (QED) is 0.623. The fourth-order valence-electron chi connectivity index (χ4n) is 1.54. The van der Waals surface area contributed by atoms with E-state index in [0.717, 1.165) is 19.3 Å². The summed E-state index contributed by atoms with van der Waals surface area (Å²) in [6.07, 6.45) is 2.87. The molecular weight excluding hydrogens is 176 g/mol. The van der Waals surface area contributed by atoms with Crippen molar-refractivity contribution >= 4 is 10.1 Å². The van der Waals surface area contributed by atoms with Crippen molar-refractivity contribution in [3.8, 4) is 0 Å². The second-order valence-corrected chi connectivity index (χ2v) is 5.59. The van der Waals surface area contributed by atoms with E-state index in [1.54, 1.807) is 0 Å². The third-order valence-corrected chi connectivity index (χ3v) is 3.58. The Kier molecular flexibility index (Phi) is 2.78. The van der Waals surface area contributed by atoms with Gasteiger partial charge in [0.2, 0.25) is 0 Å². The van der Waals surface area contributed by atoms with Gasteiger partial charge in [0.1, 0.15) is 0 Å². The van der Waals surface area contributed by atoms with Crippen molar-refractivity contribution < 1.29 is 12.6 Å². The van der Waals surface area contributed by atoms with Gasteiger partial charge in [-0.1, -0.05) is 20.3 Å². The Labute approximate surface area is 74.2 Å². The van der Waals surface area contributed by atoms with Crippen molar-refractivity contribution in [3.05, 3.63) is 0 Å². The highest BCUT2D eigenvalue weighted by molar-refractivity contribution is 7.86. The molecule has 0 aliphatic carbocycles. The normalized spacial score (nSPS) is 34.8. The minimum atomic E-state index is -3.17. The smallest absolute Gasteiger partial charge is 0.267 e. The van der Waals surface area contributed by atoms with Crippen LogP contribution >= 0.6 is 0 Å². The highest BCUT2D eigenvalue weighted by atomic mass is 32.2. The summed E-state index contributed by atoms with van der Waals surface area (Å²) < 4.78 is 26.6. The van der Waals surface area contributed by atoms with E-state index in [0.29, 0.717) is 6.61 Å². The van der Waals surface area contributed by atoms with Crippen LogP contribution in [-0.2, 0) is 14.3 Å². The monoisotopic (exact) mass is 192 g/mol. The van der Waals surface area contributed by atoms with Gasteiger partial charge in [-0.15, -0.1) is 0 Å². The number of rotatable bonds is 2. The zero-order valence-electron chi connectivity index (χ0n) is 7.67. The van der Waals surface area contributed by atoms with Crippen LogP contribution in [0.2, 0.25) is 0 Å². The zero-order valence-corrected chi connectivity index (χ0v) is 8.49. The SMILES string of the molecule is CCCC1(C)CCS(=O)(=O)OC1. The molecule has 0 aromatic heterocycles. The summed E-state index contributed by atoms with van der Waals surface area (Å²) in [6.45, 7) is 4.56. The third kappa shape index (κ3) is 2.45. The predicted octanol–water partition coefficient (Wildman–Crippen LogP) is 1.54. The van der Waals surface area contributed by atoms with Crippen LogP contribution < -0.4 is 0 Å². The summed E-state index contributed by atoms with van der Waals surface area (Å²) in [5.74, 6) is 0.184. The van der Waals surface area contributed by atoms with E-state index >= 15 is 0 Å². The molecule has 0 aromatic carbocycles. The summed E-state index contributed by atoms with van der Waals surface area (Å²) in [5, 5.41) is 0. The molecule has 3 nitrogen and oxygen atoms in total. The van der Waals surface area contributed by atoms with Gasteiger partial charge < -0.3 is 0 Å². The van der Waals surface area contributed by atoms with Crippen LogP contribution in [0.1, 0.15) is 33.1 Å². The molecule has 0 bridgehead atoms. The average molecular weight is 192 g/mol. The predicted molar refractivity (Wildman–Crippen MR) is 47.4 cm³/mol. The fraction of sp³-hybridized carbons (Fsp3) is 1.00. The van der Waals surface area contributed by atoms with E-state index < -0.39 is 10.1 Å². The van der Waals surface area contributed by atoms with Crippen LogP contribution in [0.5, 0.6) is 0 Å². The molecule has 1 saturated heterocycles. The maximum Gasteiger partial charge on any atom is 0.267 e. The van der Waals surface area contributed by atoms with Crippen LogP contribution in [0.3, 0.4) is 0 Å². The van der Waals surface area contributed by atoms with Gasteiger partial charge in [0, 0.05) is 0 Å². The van der Waals surface area contributed by atoms with Crippen molar-refractivity contribution in [2.75, 3.05) is 12.4 Å². The van der Waals surface area contributed by atoms with Crippen LogP contribution in [0.25, 0.3) is 0 Å². The lowest BCUT2D eigenvalue weighted by molar-refractivity contribution is 0.131. The Bertz CT molecular complexity index is 229. The summed E-state index contributed by atoms with van der Waals surface area (Å²) in [7, 11) is -3.17. The second-order valence-electron chi connectivity index (χ2n) is 3.83. The maximum absolute atomic E-state index is 10.9. The zero-order chi connectivity index (χ0) is 9.24. The lowest BCUT2D eigenvalue weighted by atomic mass is 9.84. The summed E-state index contributed by atoms with van der Waals surface area (Å²) in [6, 6.07) is 0. The van der Waals surface area contributed by atoms with E-state index in [4.69, 9.17) is 4.18 Å². The van der Waals surface area contributed by atoms with Crippen molar-refractivity contribution in [3.63, 3.8) is 0 Å². The molecule has 1 unspecified atom stereocenters. The molecule has 0 amide bonds. The minimum Gasteiger partial charge on any atom is -0.270 e. The van der Waals surface area contributed by atoms with Gasteiger partial charge in [0.15, 0.2) is 0 Å². The first kappa shape index (κ1) is 9.99. The van der Waals surface area contributed by atoms with Gasteiger partial charge in [0.25, 0.3) is 10.1 Å². The fourth-order valence-corrected chi connectivity index (χ4v) is 2.86. The van der Waals surface area contributed by atoms with Gasteiger partial charge >= 0.3 is 0 Å². The van der Waals surface area contributed by atoms with Crippen molar-refractivity contribution in [1.29, 1.82) is 0 Å². The molecule has 0 saturated carbocycles. The molecule has 1 heterocycles. The first-order valence-electron chi connectivity index (χ1n) is 4.35. The third-order valence-electron chi connectivity index (χ3n) is 2.40. The highest BCUT2D eigenvalue weighted by Gasteiger charge is 2.33. The molecule has 1 rings (SSSR count). The Balaban J connectivity index is 2.55. The molecule has 72 valence electrons. The molecular formula is C8H16O3S. The van der Waals surface area contributed by atoms with Gasteiger partial charge in [-0.25, -0.2) is 0 Å². The number of hydrogen-bond donors (Lipinski definition) is 0. The summed E-state index contributed by atoms with van der Waals surface area (Å²) in [5.41, 5.74) is 0.0834. The Morgan fingerprint density at radius 2 is 2.17 bits per heavy atom. The standard InChI is InChI=1S/C8H16O3S/c1-3-4-8(2)5-6-12(9,10)11-7-8/h3-7H2,1-2H3. The van der Waals surface area contributed by atoms with Gasteiger partial charge in [-0.3, -0.25) is 4.18 Å². The Hall–Kier alpha value is -0.0900. The molecule has 1 aliphatic rings. The molecule has 12 heavy (non-hydrogen) atoms. The molecule has 0 radical (unpaired) electrons. The maximum atomic E-state index is 10.9. The van der Waals surface area contributed by atoms with Gasteiger partial charge in [-0.05, 0) is 18.3 Å². The van der Waals surface area contributed by atoms with Crippen LogP contribution in [0, 0.1) is 5.41 Å². The molecule has 1 atom stereocenters. The van der Waals surface area contributed by atoms with E-state index in [-0.39, 0.29) is 11.2 Å². The van der Waals surface area contributed by atoms with Gasteiger partial charge in [-0.2, -0.15) is 8.42 Å². The van der Waals surface area contributed by atoms with E-state index in [2.05, 4.69) is 13.8 Å². The second kappa shape index (κ2) is 3.34. The molecule has 0 aromatic rings. The highest BCUT2D eigenvalue weighted by Crippen LogP contribution is 2.32. The van der Waals surface area contributed by atoms with Crippen molar-refractivity contribution in [2.24, 2.45) is 5.41 Å². The van der Waals surface area contributed by atoms with Crippen LogP contribution in [-0.4, -0.2) is 20.8 Å². The van der Waals surface area contributed by atoms with Gasteiger partial charge in [0.05, 0.1) is 12.4 Å². The summed E-state index contributed by atoms with van der Waals surface area (Å²) >= 11 is 0. The van der Waals surface area contributed by atoms with Crippen LogP contribution in [0.4, 0.5) is 0 Å². The lowest BCUT2D eigenvalue weighted by Crippen LogP contribution is -2.34. The topological polar surface area (TPSA) is 43.4 Å². The van der Waals surface area contributed by atoms with E-state index in [9.17, 15) is 8.42 Å². The van der Waals surface area contributed by atoms with Crippen molar-refractivity contribution in [2.45, 2.75) is 33.1 Å². The molecule has 0 N–H and O–H groups in total. The minimum absolute atomic E-state index is 0.0834.